The highest BCUT2D eigenvalue weighted by atomic mass is 16.5. The van der Waals surface area contributed by atoms with Crippen molar-refractivity contribution in [2.24, 2.45) is 0 Å². The third-order valence-corrected chi connectivity index (χ3v) is 2.73. The second-order valence-electron chi connectivity index (χ2n) is 4.30. The smallest absolute Gasteiger partial charge is 0.233 e. The largest absolute Gasteiger partial charge is 0.502 e. The molecule has 3 N–H and O–H groups in total. The minimum absolute atomic E-state index is 0.0283. The first kappa shape index (κ1) is 16.1. The molecular weight excluding hydrogens is 260 g/mol. The minimum Gasteiger partial charge on any atom is -0.502 e. The minimum atomic E-state index is -0.0374. The number of nitrogens with one attached hydrogen (secondary N) is 2. The van der Waals surface area contributed by atoms with Crippen LogP contribution in [0.2, 0.25) is 0 Å². The lowest BCUT2D eigenvalue weighted by molar-refractivity contribution is -0.120. The van der Waals surface area contributed by atoms with Crippen LogP contribution in [0.5, 0.6) is 17.2 Å². The molecule has 0 aliphatic heterocycles. The fourth-order valence-electron chi connectivity index (χ4n) is 1.70. The molecule has 0 saturated heterocycles. The van der Waals surface area contributed by atoms with E-state index in [-0.39, 0.29) is 18.2 Å². The highest BCUT2D eigenvalue weighted by molar-refractivity contribution is 5.77. The van der Waals surface area contributed by atoms with E-state index in [0.717, 1.165) is 12.0 Å². The molecule has 0 bridgehead atoms. The number of benzene rings is 1. The molecule has 1 aromatic carbocycles. The molecule has 0 aliphatic rings. The molecule has 0 saturated carbocycles. The van der Waals surface area contributed by atoms with Gasteiger partial charge in [-0.15, -0.1) is 0 Å². The Hall–Kier alpha value is -1.95. The molecule has 20 heavy (non-hydrogen) atoms. The van der Waals surface area contributed by atoms with Crippen LogP contribution in [0.15, 0.2) is 12.1 Å². The summed E-state index contributed by atoms with van der Waals surface area (Å²) in [5, 5.41) is 15.6. The van der Waals surface area contributed by atoms with E-state index in [1.165, 1.54) is 14.2 Å². The van der Waals surface area contributed by atoms with Gasteiger partial charge in [0, 0.05) is 13.1 Å². The Labute approximate surface area is 119 Å². The molecule has 0 heterocycles. The number of hydrogen-bond acceptors (Lipinski definition) is 5. The van der Waals surface area contributed by atoms with Crippen LogP contribution in [0.3, 0.4) is 0 Å². The molecule has 6 heteroatoms. The normalized spacial score (nSPS) is 10.2. The van der Waals surface area contributed by atoms with Crippen LogP contribution < -0.4 is 20.1 Å². The van der Waals surface area contributed by atoms with E-state index in [4.69, 9.17) is 9.47 Å². The zero-order valence-electron chi connectivity index (χ0n) is 12.2. The van der Waals surface area contributed by atoms with Gasteiger partial charge in [-0.05, 0) is 24.1 Å². The van der Waals surface area contributed by atoms with Gasteiger partial charge in [-0.25, -0.2) is 0 Å². The Kier molecular flexibility index (Phi) is 6.66. The monoisotopic (exact) mass is 282 g/mol. The van der Waals surface area contributed by atoms with Gasteiger partial charge in [-0.2, -0.15) is 0 Å². The van der Waals surface area contributed by atoms with E-state index in [0.29, 0.717) is 24.6 Å². The van der Waals surface area contributed by atoms with E-state index in [1.807, 2.05) is 6.92 Å². The standard InChI is InChI=1S/C14H22N2O4/c1-4-5-16-13(17)9-15-8-10-6-11(19-2)14(18)12(7-10)20-3/h6-7,15,18H,4-5,8-9H2,1-3H3,(H,16,17). The van der Waals surface area contributed by atoms with Crippen LogP contribution in [0, 0.1) is 0 Å². The number of phenols is 1. The maximum absolute atomic E-state index is 11.4. The van der Waals surface area contributed by atoms with E-state index in [1.54, 1.807) is 12.1 Å². The molecule has 1 aromatic rings. The van der Waals surface area contributed by atoms with Crippen molar-refractivity contribution in [1.29, 1.82) is 0 Å². The van der Waals surface area contributed by atoms with Gasteiger partial charge < -0.3 is 25.2 Å². The first-order valence-corrected chi connectivity index (χ1v) is 6.53. The first-order valence-electron chi connectivity index (χ1n) is 6.53. The summed E-state index contributed by atoms with van der Waals surface area (Å²) in [5.74, 6) is 0.622. The molecule has 0 atom stereocenters. The van der Waals surface area contributed by atoms with Crippen LogP contribution in [-0.2, 0) is 11.3 Å². The number of carbonyl (C=O) groups excluding carboxylic acids is 1. The van der Waals surface area contributed by atoms with Gasteiger partial charge in [0.1, 0.15) is 0 Å². The summed E-state index contributed by atoms with van der Waals surface area (Å²) in [6, 6.07) is 3.41. The summed E-state index contributed by atoms with van der Waals surface area (Å²) in [6.45, 7) is 3.40. The van der Waals surface area contributed by atoms with Gasteiger partial charge in [-0.1, -0.05) is 6.92 Å². The van der Waals surface area contributed by atoms with Crippen molar-refractivity contribution in [3.63, 3.8) is 0 Å². The molecule has 0 aliphatic carbocycles. The highest BCUT2D eigenvalue weighted by Gasteiger charge is 2.11. The maximum atomic E-state index is 11.4. The lowest BCUT2D eigenvalue weighted by Crippen LogP contribution is -2.33. The number of aromatic hydroxyl groups is 1. The molecule has 0 fully saturated rings. The average Bonchev–Trinajstić information content (AvgIpc) is 2.46. The molecule has 0 spiro atoms. The lowest BCUT2D eigenvalue weighted by atomic mass is 10.2. The molecule has 0 unspecified atom stereocenters. The molecular formula is C14H22N2O4. The van der Waals surface area contributed by atoms with Crippen molar-refractivity contribution < 1.29 is 19.4 Å². The molecule has 112 valence electrons. The SMILES string of the molecule is CCCNC(=O)CNCc1cc(OC)c(O)c(OC)c1. The van der Waals surface area contributed by atoms with E-state index < -0.39 is 0 Å². The summed E-state index contributed by atoms with van der Waals surface area (Å²) < 4.78 is 10.1. The van der Waals surface area contributed by atoms with Crippen LogP contribution in [-0.4, -0.2) is 38.3 Å². The van der Waals surface area contributed by atoms with Gasteiger partial charge >= 0.3 is 0 Å². The third-order valence-electron chi connectivity index (χ3n) is 2.73. The van der Waals surface area contributed by atoms with E-state index in [9.17, 15) is 9.90 Å². The fraction of sp³-hybridized carbons (Fsp3) is 0.500. The molecule has 1 rings (SSSR count). The summed E-state index contributed by atoms with van der Waals surface area (Å²) in [5.41, 5.74) is 0.861. The van der Waals surface area contributed by atoms with E-state index >= 15 is 0 Å². The quantitative estimate of drug-likeness (QED) is 0.663. The van der Waals surface area contributed by atoms with Crippen LogP contribution in [0.4, 0.5) is 0 Å². The third kappa shape index (κ3) is 4.62. The van der Waals surface area contributed by atoms with E-state index in [2.05, 4.69) is 10.6 Å². The summed E-state index contributed by atoms with van der Waals surface area (Å²) >= 11 is 0. The first-order chi connectivity index (χ1) is 9.62. The molecule has 0 aromatic heterocycles. The molecule has 0 radical (unpaired) electrons. The zero-order valence-corrected chi connectivity index (χ0v) is 12.2. The predicted molar refractivity (Wildman–Crippen MR) is 76.2 cm³/mol. The molecule has 6 nitrogen and oxygen atoms in total. The van der Waals surface area contributed by atoms with Gasteiger partial charge in [-0.3, -0.25) is 4.79 Å². The number of rotatable bonds is 8. The summed E-state index contributed by atoms with van der Waals surface area (Å²) in [7, 11) is 2.95. The fourth-order valence-corrected chi connectivity index (χ4v) is 1.70. The molecule has 1 amide bonds. The summed E-state index contributed by atoms with van der Waals surface area (Å²) in [4.78, 5) is 11.4. The summed E-state index contributed by atoms with van der Waals surface area (Å²) in [6.07, 6.45) is 0.915. The van der Waals surface area contributed by atoms with Crippen LogP contribution in [0.1, 0.15) is 18.9 Å². The van der Waals surface area contributed by atoms with Gasteiger partial charge in [0.25, 0.3) is 0 Å². The Morgan fingerprint density at radius 2 is 1.85 bits per heavy atom. The average molecular weight is 282 g/mol. The Bertz CT molecular complexity index is 424. The highest BCUT2D eigenvalue weighted by Crippen LogP contribution is 2.36. The number of carbonyl (C=O) groups is 1. The van der Waals surface area contributed by atoms with Crippen LogP contribution >= 0.6 is 0 Å². The second kappa shape index (κ2) is 8.27. The number of amides is 1. The number of hydrogen-bond donors (Lipinski definition) is 3. The van der Waals surface area contributed by atoms with Gasteiger partial charge in [0.05, 0.1) is 20.8 Å². The van der Waals surface area contributed by atoms with Crippen molar-refractivity contribution in [3.05, 3.63) is 17.7 Å². The predicted octanol–water partition coefficient (Wildman–Crippen LogP) is 1.03. The zero-order chi connectivity index (χ0) is 15.0. The van der Waals surface area contributed by atoms with Gasteiger partial charge in [0.2, 0.25) is 11.7 Å². The Balaban J connectivity index is 2.57. The van der Waals surface area contributed by atoms with Crippen molar-refractivity contribution in [2.45, 2.75) is 19.9 Å². The number of ether oxygens (including phenoxy) is 2. The van der Waals surface area contributed by atoms with Crippen molar-refractivity contribution in [1.82, 2.24) is 10.6 Å². The van der Waals surface area contributed by atoms with Crippen LogP contribution in [0.25, 0.3) is 0 Å². The Morgan fingerprint density at radius 3 is 2.35 bits per heavy atom. The van der Waals surface area contributed by atoms with Crippen molar-refractivity contribution >= 4 is 5.91 Å². The van der Waals surface area contributed by atoms with Crippen molar-refractivity contribution in [3.8, 4) is 17.2 Å². The topological polar surface area (TPSA) is 79.8 Å². The van der Waals surface area contributed by atoms with Gasteiger partial charge in [0.15, 0.2) is 11.5 Å². The second-order valence-corrected chi connectivity index (χ2v) is 4.30. The van der Waals surface area contributed by atoms with Crippen molar-refractivity contribution in [2.75, 3.05) is 27.3 Å². The number of phenolic OH excluding ortho intramolecular Hbond substituents is 1. The Morgan fingerprint density at radius 1 is 1.25 bits per heavy atom. The maximum Gasteiger partial charge on any atom is 0.233 e. The lowest BCUT2D eigenvalue weighted by Gasteiger charge is -2.12. The number of methoxy groups -OCH3 is 2.